The lowest BCUT2D eigenvalue weighted by atomic mass is 10.0. The summed E-state index contributed by atoms with van der Waals surface area (Å²) in [4.78, 5) is 13.5. The van der Waals surface area contributed by atoms with Crippen LogP contribution in [0.1, 0.15) is 60.8 Å². The van der Waals surface area contributed by atoms with E-state index in [9.17, 15) is 4.79 Å². The summed E-state index contributed by atoms with van der Waals surface area (Å²) in [6.07, 6.45) is 9.89. The van der Waals surface area contributed by atoms with E-state index < -0.39 is 0 Å². The molecule has 104 valence electrons. The third-order valence-electron chi connectivity index (χ3n) is 2.83. The van der Waals surface area contributed by atoms with Crippen LogP contribution in [-0.2, 0) is 4.79 Å². The first-order chi connectivity index (χ1) is 8.29. The van der Waals surface area contributed by atoms with Gasteiger partial charge in [-0.2, -0.15) is 0 Å². The monoisotopic (exact) mass is 251 g/mol. The smallest absolute Gasteiger partial charge is 0.220 e. The summed E-state index contributed by atoms with van der Waals surface area (Å²) in [5.41, 5.74) is 1.16. The second-order valence-electron chi connectivity index (χ2n) is 5.78. The van der Waals surface area contributed by atoms with Crippen LogP contribution in [0.5, 0.6) is 0 Å². The van der Waals surface area contributed by atoms with Crippen LogP contribution in [0.15, 0.2) is 23.8 Å². The zero-order chi connectivity index (χ0) is 14.2. The highest BCUT2D eigenvalue weighted by molar-refractivity contribution is 5.74. The molecule has 0 aliphatic heterocycles. The molecule has 2 heteroatoms. The van der Waals surface area contributed by atoms with E-state index in [4.69, 9.17) is 0 Å². The number of carbonyl (C=O) groups excluding carboxylic acids is 1. The van der Waals surface area contributed by atoms with Crippen molar-refractivity contribution in [3.8, 4) is 0 Å². The Morgan fingerprint density at radius 2 is 1.72 bits per heavy atom. The van der Waals surface area contributed by atoms with Gasteiger partial charge in [0.15, 0.2) is 0 Å². The number of hydrogen-bond acceptors (Lipinski definition) is 1. The minimum absolute atomic E-state index is 0.108. The van der Waals surface area contributed by atoms with Gasteiger partial charge in [-0.25, -0.2) is 0 Å². The largest absolute Gasteiger partial charge is 0.334 e. The molecule has 0 fully saturated rings. The number of nitrogens with zero attached hydrogens (tertiary/aromatic N) is 1. The third kappa shape index (κ3) is 7.31. The van der Waals surface area contributed by atoms with Crippen molar-refractivity contribution >= 4 is 5.91 Å². The predicted molar refractivity (Wildman–Crippen MR) is 79.6 cm³/mol. The molecule has 0 aliphatic carbocycles. The van der Waals surface area contributed by atoms with Crippen molar-refractivity contribution in [3.05, 3.63) is 23.8 Å². The Bertz CT molecular complexity index is 308. The quantitative estimate of drug-likeness (QED) is 0.508. The summed E-state index contributed by atoms with van der Waals surface area (Å²) in [6, 6.07) is 0. The molecular weight excluding hydrogens is 222 g/mol. The number of allylic oxidation sites excluding steroid dienone is 3. The molecule has 0 unspecified atom stereocenters. The van der Waals surface area contributed by atoms with E-state index in [1.165, 1.54) is 5.57 Å². The van der Waals surface area contributed by atoms with Gasteiger partial charge in [-0.3, -0.25) is 4.79 Å². The van der Waals surface area contributed by atoms with Crippen LogP contribution in [-0.4, -0.2) is 22.9 Å². The van der Waals surface area contributed by atoms with Crippen molar-refractivity contribution < 1.29 is 4.79 Å². The molecule has 0 N–H and O–H groups in total. The fourth-order valence-electron chi connectivity index (χ4n) is 1.85. The fourth-order valence-corrected chi connectivity index (χ4v) is 1.85. The number of carbonyl (C=O) groups is 1. The minimum atomic E-state index is -0.108. The molecule has 0 spiro atoms. The molecule has 0 radical (unpaired) electrons. The first-order valence-electron chi connectivity index (χ1n) is 6.87. The standard InChI is InChI=1S/C16H29NO/c1-7-8-9-10-11-12-14(2)13-17(15(3)18)16(4,5)6/h8-9,12H,7,10-11,13H2,1-6H3. The summed E-state index contributed by atoms with van der Waals surface area (Å²) in [7, 11) is 0. The lowest BCUT2D eigenvalue weighted by Crippen LogP contribution is -2.45. The second kappa shape index (κ2) is 8.12. The molecule has 1 amide bonds. The molecule has 0 atom stereocenters. The topological polar surface area (TPSA) is 20.3 Å². The molecule has 0 aromatic carbocycles. The maximum atomic E-state index is 11.6. The number of hydrogen-bond donors (Lipinski definition) is 0. The maximum absolute atomic E-state index is 11.6. The van der Waals surface area contributed by atoms with Gasteiger partial charge in [-0.05, 0) is 47.0 Å². The van der Waals surface area contributed by atoms with Crippen LogP contribution in [0.2, 0.25) is 0 Å². The van der Waals surface area contributed by atoms with Crippen LogP contribution in [0, 0.1) is 0 Å². The van der Waals surface area contributed by atoms with Crippen molar-refractivity contribution in [2.45, 2.75) is 66.3 Å². The molecule has 0 saturated carbocycles. The highest BCUT2D eigenvalue weighted by Crippen LogP contribution is 2.15. The van der Waals surface area contributed by atoms with Gasteiger partial charge < -0.3 is 4.90 Å². The molecule has 18 heavy (non-hydrogen) atoms. The Kier molecular flexibility index (Phi) is 7.65. The molecule has 0 aliphatic rings. The van der Waals surface area contributed by atoms with Gasteiger partial charge in [0.2, 0.25) is 5.91 Å². The SMILES string of the molecule is CCC=CCCC=C(C)CN(C(C)=O)C(C)(C)C. The van der Waals surface area contributed by atoms with Crippen LogP contribution in [0.3, 0.4) is 0 Å². The van der Waals surface area contributed by atoms with Crippen molar-refractivity contribution in [2.75, 3.05) is 6.54 Å². The number of rotatable bonds is 6. The van der Waals surface area contributed by atoms with E-state index in [-0.39, 0.29) is 11.4 Å². The van der Waals surface area contributed by atoms with Gasteiger partial charge in [-0.15, -0.1) is 0 Å². The average Bonchev–Trinajstić information content (AvgIpc) is 2.23. The van der Waals surface area contributed by atoms with Gasteiger partial charge in [-0.1, -0.05) is 30.7 Å². The molecular formula is C16H29NO. The maximum Gasteiger partial charge on any atom is 0.220 e. The summed E-state index contributed by atoms with van der Waals surface area (Å²) in [5, 5.41) is 0. The van der Waals surface area contributed by atoms with E-state index in [0.29, 0.717) is 0 Å². The Morgan fingerprint density at radius 1 is 1.11 bits per heavy atom. The predicted octanol–water partition coefficient (Wildman–Crippen LogP) is 4.33. The molecule has 0 aromatic rings. The highest BCUT2D eigenvalue weighted by atomic mass is 16.2. The summed E-state index contributed by atoms with van der Waals surface area (Å²) in [5.74, 6) is 0.140. The molecule has 0 aromatic heterocycles. The van der Waals surface area contributed by atoms with Crippen molar-refractivity contribution in [3.63, 3.8) is 0 Å². The Hall–Kier alpha value is -1.05. The van der Waals surface area contributed by atoms with Crippen molar-refractivity contribution in [1.29, 1.82) is 0 Å². The summed E-state index contributed by atoms with van der Waals surface area (Å²) >= 11 is 0. The molecule has 0 rings (SSSR count). The lowest BCUT2D eigenvalue weighted by Gasteiger charge is -2.35. The summed E-state index contributed by atoms with van der Waals surface area (Å²) in [6.45, 7) is 12.8. The zero-order valence-electron chi connectivity index (χ0n) is 12.9. The fraction of sp³-hybridized carbons (Fsp3) is 0.688. The van der Waals surface area contributed by atoms with Crippen LogP contribution < -0.4 is 0 Å². The number of unbranched alkanes of at least 4 members (excludes halogenated alkanes) is 1. The van der Waals surface area contributed by atoms with Gasteiger partial charge in [0.25, 0.3) is 0 Å². The third-order valence-corrected chi connectivity index (χ3v) is 2.83. The highest BCUT2D eigenvalue weighted by Gasteiger charge is 2.23. The van der Waals surface area contributed by atoms with Crippen LogP contribution >= 0.6 is 0 Å². The van der Waals surface area contributed by atoms with Gasteiger partial charge >= 0.3 is 0 Å². The Balaban J connectivity index is 4.34. The minimum Gasteiger partial charge on any atom is -0.334 e. The van der Waals surface area contributed by atoms with E-state index >= 15 is 0 Å². The lowest BCUT2D eigenvalue weighted by molar-refractivity contribution is -0.132. The van der Waals surface area contributed by atoms with Crippen molar-refractivity contribution in [2.24, 2.45) is 0 Å². The molecule has 2 nitrogen and oxygen atoms in total. The van der Waals surface area contributed by atoms with Crippen LogP contribution in [0.4, 0.5) is 0 Å². The van der Waals surface area contributed by atoms with E-state index in [0.717, 1.165) is 25.8 Å². The molecule has 0 saturated heterocycles. The molecule has 0 bridgehead atoms. The summed E-state index contributed by atoms with van der Waals surface area (Å²) < 4.78 is 0. The van der Waals surface area contributed by atoms with Gasteiger partial charge in [0, 0.05) is 19.0 Å². The number of amides is 1. The van der Waals surface area contributed by atoms with Crippen LogP contribution in [0.25, 0.3) is 0 Å². The van der Waals surface area contributed by atoms with Gasteiger partial charge in [0.05, 0.1) is 0 Å². The zero-order valence-corrected chi connectivity index (χ0v) is 12.9. The first kappa shape index (κ1) is 16.9. The van der Waals surface area contributed by atoms with E-state index in [1.54, 1.807) is 6.92 Å². The van der Waals surface area contributed by atoms with Crippen molar-refractivity contribution in [1.82, 2.24) is 4.90 Å². The van der Waals surface area contributed by atoms with E-state index in [2.05, 4.69) is 52.8 Å². The van der Waals surface area contributed by atoms with Gasteiger partial charge in [0.1, 0.15) is 0 Å². The first-order valence-corrected chi connectivity index (χ1v) is 6.87. The Morgan fingerprint density at radius 3 is 2.17 bits per heavy atom. The second-order valence-corrected chi connectivity index (χ2v) is 5.78. The molecule has 0 heterocycles. The Labute approximate surface area is 113 Å². The average molecular weight is 251 g/mol. The van der Waals surface area contributed by atoms with E-state index in [1.807, 2.05) is 4.90 Å². The normalized spacial score (nSPS) is 13.1.